The molecule has 0 spiro atoms. The number of hydrogen-bond donors (Lipinski definition) is 2. The molecular weight excluding hydrogens is 374 g/mol. The molecule has 0 bridgehead atoms. The number of pyridine rings is 2. The van der Waals surface area contributed by atoms with Gasteiger partial charge in [0.1, 0.15) is 0 Å². The van der Waals surface area contributed by atoms with E-state index < -0.39 is 5.97 Å². The van der Waals surface area contributed by atoms with Crippen molar-refractivity contribution in [1.82, 2.24) is 15.3 Å². The number of aliphatic carboxylic acids is 1. The highest BCUT2D eigenvalue weighted by atomic mass is 16.4. The highest BCUT2D eigenvalue weighted by molar-refractivity contribution is 5.81. The van der Waals surface area contributed by atoms with Gasteiger partial charge in [-0.3, -0.25) is 14.8 Å². The Morgan fingerprint density at radius 1 is 1.03 bits per heavy atom. The van der Waals surface area contributed by atoms with Gasteiger partial charge in [-0.15, -0.1) is 0 Å². The number of benzene rings is 2. The normalized spacial score (nSPS) is 11.0. The minimum Gasteiger partial charge on any atom is -0.480 e. The van der Waals surface area contributed by atoms with Crippen LogP contribution in [-0.2, 0) is 17.8 Å². The third kappa shape index (κ3) is 4.36. The van der Waals surface area contributed by atoms with Gasteiger partial charge in [0, 0.05) is 30.7 Å². The van der Waals surface area contributed by atoms with Gasteiger partial charge in [-0.05, 0) is 46.9 Å². The van der Waals surface area contributed by atoms with Gasteiger partial charge >= 0.3 is 5.97 Å². The van der Waals surface area contributed by atoms with Gasteiger partial charge in [-0.2, -0.15) is 0 Å². The molecule has 4 rings (SSSR count). The fourth-order valence-corrected chi connectivity index (χ4v) is 3.69. The molecule has 4 aromatic rings. The number of aromatic nitrogens is 2. The molecule has 0 aliphatic rings. The molecule has 0 fully saturated rings. The van der Waals surface area contributed by atoms with Crippen molar-refractivity contribution in [2.24, 2.45) is 0 Å². The van der Waals surface area contributed by atoms with Crippen LogP contribution in [0.3, 0.4) is 0 Å². The van der Waals surface area contributed by atoms with Crippen LogP contribution in [0.15, 0.2) is 73.1 Å². The molecule has 0 saturated heterocycles. The average Bonchev–Trinajstić information content (AvgIpc) is 2.75. The third-order valence-electron chi connectivity index (χ3n) is 5.23. The molecule has 2 aromatic heterocycles. The van der Waals surface area contributed by atoms with Crippen molar-refractivity contribution < 1.29 is 9.90 Å². The molecule has 5 heteroatoms. The Morgan fingerprint density at radius 3 is 2.67 bits per heavy atom. The summed E-state index contributed by atoms with van der Waals surface area (Å²) in [7, 11) is 0. The molecule has 0 unspecified atom stereocenters. The summed E-state index contributed by atoms with van der Waals surface area (Å²) in [5.74, 6) is -0.872. The van der Waals surface area contributed by atoms with E-state index in [1.807, 2.05) is 24.4 Å². The molecule has 0 aliphatic heterocycles. The maximum atomic E-state index is 10.7. The van der Waals surface area contributed by atoms with Gasteiger partial charge in [0.15, 0.2) is 0 Å². The number of nitrogens with zero attached hydrogens (tertiary/aromatic N) is 2. The molecule has 2 aromatic carbocycles. The predicted octanol–water partition coefficient (Wildman–Crippen LogP) is 4.37. The van der Waals surface area contributed by atoms with Crippen molar-refractivity contribution in [2.45, 2.75) is 19.9 Å². The Labute approximate surface area is 175 Å². The van der Waals surface area contributed by atoms with Crippen molar-refractivity contribution in [3.05, 3.63) is 95.4 Å². The van der Waals surface area contributed by atoms with Crippen molar-refractivity contribution in [1.29, 1.82) is 0 Å². The lowest BCUT2D eigenvalue weighted by Gasteiger charge is -2.13. The summed E-state index contributed by atoms with van der Waals surface area (Å²) < 4.78 is 0. The lowest BCUT2D eigenvalue weighted by Crippen LogP contribution is -2.21. The van der Waals surface area contributed by atoms with Crippen molar-refractivity contribution in [2.75, 3.05) is 6.54 Å². The number of hydrogen-bond acceptors (Lipinski definition) is 4. The number of carboxylic acids is 1. The van der Waals surface area contributed by atoms with E-state index in [0.29, 0.717) is 13.0 Å². The lowest BCUT2D eigenvalue weighted by molar-refractivity contribution is -0.135. The maximum Gasteiger partial charge on any atom is 0.317 e. The minimum absolute atomic E-state index is 0.0728. The quantitative estimate of drug-likeness (QED) is 0.484. The van der Waals surface area contributed by atoms with Crippen molar-refractivity contribution >= 4 is 16.9 Å². The Kier molecular flexibility index (Phi) is 5.82. The van der Waals surface area contributed by atoms with Crippen LogP contribution in [0.1, 0.15) is 22.4 Å². The Balaban J connectivity index is 1.62. The van der Waals surface area contributed by atoms with E-state index in [9.17, 15) is 4.79 Å². The van der Waals surface area contributed by atoms with E-state index in [1.165, 1.54) is 22.3 Å². The number of carboxylic acid groups (broad SMARTS) is 1. The van der Waals surface area contributed by atoms with E-state index in [0.717, 1.165) is 22.2 Å². The molecule has 0 radical (unpaired) electrons. The number of rotatable bonds is 7. The molecular formula is C25H23N3O2. The van der Waals surface area contributed by atoms with Crippen LogP contribution in [0, 0.1) is 6.92 Å². The SMILES string of the molecule is Cc1c(Cc2nccc3cc(CNCC(=O)O)cnc23)cccc1-c1ccccc1. The summed E-state index contributed by atoms with van der Waals surface area (Å²) in [5, 5.41) is 12.7. The highest BCUT2D eigenvalue weighted by Crippen LogP contribution is 2.27. The fraction of sp³-hybridized carbons (Fsp3) is 0.160. The van der Waals surface area contributed by atoms with E-state index in [2.05, 4.69) is 64.7 Å². The average molecular weight is 397 g/mol. The first kappa shape index (κ1) is 19.7. The largest absolute Gasteiger partial charge is 0.480 e. The monoisotopic (exact) mass is 397 g/mol. The summed E-state index contributed by atoms with van der Waals surface area (Å²) in [4.78, 5) is 19.9. The van der Waals surface area contributed by atoms with Crippen LogP contribution in [0.25, 0.3) is 22.0 Å². The van der Waals surface area contributed by atoms with Crippen molar-refractivity contribution in [3.63, 3.8) is 0 Å². The van der Waals surface area contributed by atoms with Gasteiger partial charge in [0.05, 0.1) is 17.8 Å². The Hall–Kier alpha value is -3.57. The van der Waals surface area contributed by atoms with Crippen LogP contribution in [0.2, 0.25) is 0 Å². The number of fused-ring (bicyclic) bond motifs is 1. The van der Waals surface area contributed by atoms with Crippen molar-refractivity contribution in [3.8, 4) is 11.1 Å². The highest BCUT2D eigenvalue weighted by Gasteiger charge is 2.11. The zero-order valence-corrected chi connectivity index (χ0v) is 16.8. The topological polar surface area (TPSA) is 75.1 Å². The second kappa shape index (κ2) is 8.84. The molecule has 0 amide bonds. The third-order valence-corrected chi connectivity index (χ3v) is 5.23. The molecule has 30 heavy (non-hydrogen) atoms. The first-order valence-electron chi connectivity index (χ1n) is 9.91. The second-order valence-electron chi connectivity index (χ2n) is 7.30. The molecule has 0 atom stereocenters. The van der Waals surface area contributed by atoms with Crippen LogP contribution < -0.4 is 5.32 Å². The standard InChI is InChI=1S/C25H23N3O2/c1-17-20(8-5-9-22(17)19-6-3-2-4-7-19)13-23-25-21(10-11-27-23)12-18(15-28-25)14-26-16-24(29)30/h2-12,15,26H,13-14,16H2,1H3,(H,29,30). The van der Waals surface area contributed by atoms with E-state index in [-0.39, 0.29) is 6.54 Å². The molecule has 150 valence electrons. The summed E-state index contributed by atoms with van der Waals surface area (Å²) >= 11 is 0. The summed E-state index contributed by atoms with van der Waals surface area (Å²) in [6.45, 7) is 2.55. The Bertz CT molecular complexity index is 1190. The first-order valence-corrected chi connectivity index (χ1v) is 9.91. The van der Waals surface area contributed by atoms with Gasteiger partial charge in [0.25, 0.3) is 0 Å². The van der Waals surface area contributed by atoms with Crippen LogP contribution in [0.4, 0.5) is 0 Å². The van der Waals surface area contributed by atoms with Gasteiger partial charge in [0.2, 0.25) is 0 Å². The second-order valence-corrected chi connectivity index (χ2v) is 7.30. The van der Waals surface area contributed by atoms with Crippen LogP contribution >= 0.6 is 0 Å². The van der Waals surface area contributed by atoms with Gasteiger partial charge in [-0.25, -0.2) is 0 Å². The molecule has 0 aliphatic carbocycles. The van der Waals surface area contributed by atoms with E-state index in [4.69, 9.17) is 5.11 Å². The van der Waals surface area contributed by atoms with Gasteiger partial charge in [-0.1, -0.05) is 48.5 Å². The first-order chi connectivity index (χ1) is 14.6. The molecule has 0 saturated carbocycles. The summed E-state index contributed by atoms with van der Waals surface area (Å²) in [6, 6.07) is 20.8. The van der Waals surface area contributed by atoms with Crippen LogP contribution in [-0.4, -0.2) is 27.6 Å². The van der Waals surface area contributed by atoms with Crippen LogP contribution in [0.5, 0.6) is 0 Å². The lowest BCUT2D eigenvalue weighted by atomic mass is 9.94. The number of nitrogens with one attached hydrogen (secondary N) is 1. The zero-order valence-electron chi connectivity index (χ0n) is 16.8. The molecule has 5 nitrogen and oxygen atoms in total. The van der Waals surface area contributed by atoms with E-state index in [1.54, 1.807) is 6.20 Å². The zero-order chi connectivity index (χ0) is 20.9. The number of carbonyl (C=O) groups is 1. The summed E-state index contributed by atoms with van der Waals surface area (Å²) in [6.07, 6.45) is 4.30. The predicted molar refractivity (Wildman–Crippen MR) is 118 cm³/mol. The molecule has 2 N–H and O–H groups in total. The molecule has 2 heterocycles. The fourth-order valence-electron chi connectivity index (χ4n) is 3.69. The minimum atomic E-state index is -0.872. The summed E-state index contributed by atoms with van der Waals surface area (Å²) in [5.41, 5.74) is 7.67. The van der Waals surface area contributed by atoms with E-state index >= 15 is 0 Å². The smallest absolute Gasteiger partial charge is 0.317 e. The van der Waals surface area contributed by atoms with Gasteiger partial charge < -0.3 is 10.4 Å². The maximum absolute atomic E-state index is 10.7. The Morgan fingerprint density at radius 2 is 1.87 bits per heavy atom.